The van der Waals surface area contributed by atoms with E-state index < -0.39 is 0 Å². The fraction of sp³-hybridized carbons (Fsp3) is 0.667. The minimum Gasteiger partial charge on any atom is -0.370 e. The van der Waals surface area contributed by atoms with Gasteiger partial charge >= 0.3 is 0 Å². The molecule has 88 valence electrons. The van der Waals surface area contributed by atoms with Crippen LogP contribution in [0.4, 0.5) is 11.6 Å². The Kier molecular flexibility index (Phi) is 3.59. The number of hydrogen-bond acceptors (Lipinski definition) is 4. The van der Waals surface area contributed by atoms with Crippen molar-refractivity contribution in [2.24, 2.45) is 5.92 Å². The molecule has 0 spiro atoms. The molecule has 0 radical (unpaired) electrons. The third-order valence-corrected chi connectivity index (χ3v) is 2.72. The zero-order valence-electron chi connectivity index (χ0n) is 10.1. The van der Waals surface area contributed by atoms with E-state index in [2.05, 4.69) is 34.4 Å². The summed E-state index contributed by atoms with van der Waals surface area (Å²) < 4.78 is 0. The molecule has 1 saturated carbocycles. The molecule has 0 aromatic carbocycles. The molecule has 1 aromatic heterocycles. The zero-order chi connectivity index (χ0) is 11.4. The summed E-state index contributed by atoms with van der Waals surface area (Å²) in [6, 6.07) is 1.99. The fourth-order valence-electron chi connectivity index (χ4n) is 1.59. The molecule has 1 aromatic rings. The largest absolute Gasteiger partial charge is 0.370 e. The smallest absolute Gasteiger partial charge is 0.132 e. The maximum atomic E-state index is 4.47. The maximum Gasteiger partial charge on any atom is 0.132 e. The number of anilines is 2. The van der Waals surface area contributed by atoms with Gasteiger partial charge < -0.3 is 10.6 Å². The van der Waals surface area contributed by atoms with Crippen molar-refractivity contribution in [3.05, 3.63) is 11.9 Å². The molecule has 2 rings (SSSR count). The summed E-state index contributed by atoms with van der Waals surface area (Å²) in [5.41, 5.74) is 0. The molecule has 4 heteroatoms. The molecule has 4 nitrogen and oxygen atoms in total. The average Bonchev–Trinajstić information content (AvgIpc) is 3.10. The Labute approximate surface area is 96.9 Å². The quantitative estimate of drug-likeness (QED) is 0.772. The number of hydrogen-bond donors (Lipinski definition) is 2. The van der Waals surface area contributed by atoms with Crippen molar-refractivity contribution < 1.29 is 0 Å². The Morgan fingerprint density at radius 1 is 1.19 bits per heavy atom. The van der Waals surface area contributed by atoms with Gasteiger partial charge in [-0.05, 0) is 25.7 Å². The van der Waals surface area contributed by atoms with E-state index in [0.717, 1.165) is 42.9 Å². The van der Waals surface area contributed by atoms with E-state index in [9.17, 15) is 0 Å². The normalized spacial score (nSPS) is 14.9. The standard InChI is InChI=1S/C12H20N4/c1-3-10-15-11(13-4-2)7-12(16-10)14-8-9-5-6-9/h7,9H,3-6,8H2,1-2H3,(H2,13,14,15,16). The van der Waals surface area contributed by atoms with Gasteiger partial charge in [0, 0.05) is 25.6 Å². The van der Waals surface area contributed by atoms with Gasteiger partial charge in [0.2, 0.25) is 0 Å². The van der Waals surface area contributed by atoms with Gasteiger partial charge in [-0.1, -0.05) is 6.92 Å². The Bertz CT molecular complexity index is 347. The second-order valence-electron chi connectivity index (χ2n) is 4.26. The fourth-order valence-corrected chi connectivity index (χ4v) is 1.59. The van der Waals surface area contributed by atoms with Crippen molar-refractivity contribution in [1.82, 2.24) is 9.97 Å². The van der Waals surface area contributed by atoms with Gasteiger partial charge in [-0.3, -0.25) is 0 Å². The molecule has 1 heterocycles. The second-order valence-corrected chi connectivity index (χ2v) is 4.26. The Hall–Kier alpha value is -1.32. The first-order valence-electron chi connectivity index (χ1n) is 6.17. The van der Waals surface area contributed by atoms with Gasteiger partial charge in [0.25, 0.3) is 0 Å². The number of rotatable bonds is 6. The van der Waals surface area contributed by atoms with E-state index in [-0.39, 0.29) is 0 Å². The summed E-state index contributed by atoms with van der Waals surface area (Å²) in [5.74, 6) is 3.64. The summed E-state index contributed by atoms with van der Waals surface area (Å²) in [7, 11) is 0. The van der Waals surface area contributed by atoms with E-state index in [1.54, 1.807) is 0 Å². The van der Waals surface area contributed by atoms with Gasteiger partial charge in [-0.15, -0.1) is 0 Å². The molecule has 0 bridgehead atoms. The lowest BCUT2D eigenvalue weighted by molar-refractivity contribution is 0.869. The van der Waals surface area contributed by atoms with E-state index in [1.165, 1.54) is 12.8 Å². The van der Waals surface area contributed by atoms with Crippen molar-refractivity contribution in [3.8, 4) is 0 Å². The minimum atomic E-state index is 0.864. The van der Waals surface area contributed by atoms with E-state index in [4.69, 9.17) is 0 Å². The third-order valence-electron chi connectivity index (χ3n) is 2.72. The number of nitrogens with one attached hydrogen (secondary N) is 2. The molecule has 0 unspecified atom stereocenters. The topological polar surface area (TPSA) is 49.8 Å². The molecule has 0 aliphatic heterocycles. The molecule has 16 heavy (non-hydrogen) atoms. The van der Waals surface area contributed by atoms with Crippen molar-refractivity contribution in [2.45, 2.75) is 33.1 Å². The van der Waals surface area contributed by atoms with Crippen LogP contribution in [0.1, 0.15) is 32.5 Å². The average molecular weight is 220 g/mol. The van der Waals surface area contributed by atoms with Gasteiger partial charge in [0.15, 0.2) is 0 Å². The first kappa shape index (κ1) is 11.2. The number of nitrogens with zero attached hydrogens (tertiary/aromatic N) is 2. The highest BCUT2D eigenvalue weighted by atomic mass is 15.1. The molecule has 1 aliphatic rings. The van der Waals surface area contributed by atoms with Gasteiger partial charge in [-0.25, -0.2) is 9.97 Å². The third kappa shape index (κ3) is 3.08. The highest BCUT2D eigenvalue weighted by Gasteiger charge is 2.20. The molecule has 0 saturated heterocycles. The predicted molar refractivity (Wildman–Crippen MR) is 66.8 cm³/mol. The van der Waals surface area contributed by atoms with Crippen LogP contribution in [0.15, 0.2) is 6.07 Å². The minimum absolute atomic E-state index is 0.864. The van der Waals surface area contributed by atoms with Crippen molar-refractivity contribution in [3.63, 3.8) is 0 Å². The molecule has 1 aliphatic carbocycles. The van der Waals surface area contributed by atoms with E-state index in [0.29, 0.717) is 0 Å². The van der Waals surface area contributed by atoms with E-state index in [1.807, 2.05) is 6.07 Å². The van der Waals surface area contributed by atoms with Crippen molar-refractivity contribution in [2.75, 3.05) is 23.7 Å². The Morgan fingerprint density at radius 2 is 1.88 bits per heavy atom. The summed E-state index contributed by atoms with van der Waals surface area (Å²) in [5, 5.41) is 6.62. The highest BCUT2D eigenvalue weighted by Crippen LogP contribution is 2.28. The lowest BCUT2D eigenvalue weighted by atomic mass is 10.4. The van der Waals surface area contributed by atoms with Gasteiger partial charge in [0.05, 0.1) is 0 Å². The monoisotopic (exact) mass is 220 g/mol. The summed E-state index contributed by atoms with van der Waals surface area (Å²) >= 11 is 0. The Morgan fingerprint density at radius 3 is 2.44 bits per heavy atom. The number of aromatic nitrogens is 2. The highest BCUT2D eigenvalue weighted by molar-refractivity contribution is 5.47. The van der Waals surface area contributed by atoms with Crippen LogP contribution in [-0.4, -0.2) is 23.1 Å². The van der Waals surface area contributed by atoms with Crippen LogP contribution in [0, 0.1) is 5.92 Å². The van der Waals surface area contributed by atoms with Crippen LogP contribution in [0.2, 0.25) is 0 Å². The first-order valence-corrected chi connectivity index (χ1v) is 6.17. The van der Waals surface area contributed by atoms with Crippen LogP contribution in [0.3, 0.4) is 0 Å². The van der Waals surface area contributed by atoms with Crippen LogP contribution in [-0.2, 0) is 6.42 Å². The predicted octanol–water partition coefficient (Wildman–Crippen LogP) is 2.29. The molecule has 0 atom stereocenters. The SMILES string of the molecule is CCNc1cc(NCC2CC2)nc(CC)n1. The van der Waals surface area contributed by atoms with E-state index >= 15 is 0 Å². The first-order chi connectivity index (χ1) is 7.81. The van der Waals surface area contributed by atoms with Crippen LogP contribution in [0.25, 0.3) is 0 Å². The molecular formula is C12H20N4. The summed E-state index contributed by atoms with van der Waals surface area (Å²) in [6.07, 6.45) is 3.59. The maximum absolute atomic E-state index is 4.47. The molecule has 2 N–H and O–H groups in total. The van der Waals surface area contributed by atoms with Crippen molar-refractivity contribution in [1.29, 1.82) is 0 Å². The molecular weight excluding hydrogens is 200 g/mol. The molecule has 0 amide bonds. The van der Waals surface area contributed by atoms with Gasteiger partial charge in [-0.2, -0.15) is 0 Å². The lowest BCUT2D eigenvalue weighted by Gasteiger charge is -2.09. The van der Waals surface area contributed by atoms with Crippen LogP contribution >= 0.6 is 0 Å². The van der Waals surface area contributed by atoms with Crippen LogP contribution in [0.5, 0.6) is 0 Å². The number of aryl methyl sites for hydroxylation is 1. The Balaban J connectivity index is 2.04. The lowest BCUT2D eigenvalue weighted by Crippen LogP contribution is -2.09. The second kappa shape index (κ2) is 5.14. The zero-order valence-corrected chi connectivity index (χ0v) is 10.1. The van der Waals surface area contributed by atoms with Crippen LogP contribution < -0.4 is 10.6 Å². The van der Waals surface area contributed by atoms with Crippen molar-refractivity contribution >= 4 is 11.6 Å². The summed E-state index contributed by atoms with van der Waals surface area (Å²) in [6.45, 7) is 6.09. The summed E-state index contributed by atoms with van der Waals surface area (Å²) in [4.78, 5) is 8.89. The van der Waals surface area contributed by atoms with Gasteiger partial charge in [0.1, 0.15) is 17.5 Å². The molecule has 1 fully saturated rings.